The first-order valence-corrected chi connectivity index (χ1v) is 8.00. The van der Waals surface area contributed by atoms with Gasteiger partial charge in [0.05, 0.1) is 5.52 Å². The SMILES string of the molecule is [2H]C([2H])([2H])C([2H])([2H])N(CC)CCCC(C)Nc1ccnc2cc(Cl)ccc12. The van der Waals surface area contributed by atoms with Crippen LogP contribution >= 0.6 is 11.6 Å². The summed E-state index contributed by atoms with van der Waals surface area (Å²) in [5.74, 6) is 0. The average molecular weight is 325 g/mol. The van der Waals surface area contributed by atoms with Crippen LogP contribution in [0.15, 0.2) is 30.5 Å². The normalized spacial score (nSPS) is 17.4. The monoisotopic (exact) mass is 324 g/mol. The fourth-order valence-electron chi connectivity index (χ4n) is 2.47. The lowest BCUT2D eigenvalue weighted by atomic mass is 10.1. The summed E-state index contributed by atoms with van der Waals surface area (Å²) in [4.78, 5) is 5.72. The third-order valence-corrected chi connectivity index (χ3v) is 3.95. The van der Waals surface area contributed by atoms with E-state index in [1.54, 1.807) is 13.1 Å². The molecular weight excluding hydrogens is 294 g/mol. The molecule has 1 atom stereocenters. The van der Waals surface area contributed by atoms with Crippen LogP contribution < -0.4 is 5.32 Å². The third kappa shape index (κ3) is 4.59. The molecule has 0 aliphatic rings. The zero-order valence-electron chi connectivity index (χ0n) is 18.1. The first kappa shape index (κ1) is 11.3. The topological polar surface area (TPSA) is 28.2 Å². The quantitative estimate of drug-likeness (QED) is 0.755. The van der Waals surface area contributed by atoms with Crippen molar-refractivity contribution in [2.45, 2.75) is 39.6 Å². The van der Waals surface area contributed by atoms with Crippen molar-refractivity contribution in [3.63, 3.8) is 0 Å². The van der Waals surface area contributed by atoms with E-state index in [1.807, 2.05) is 24.3 Å². The van der Waals surface area contributed by atoms with Crippen LogP contribution in [0.25, 0.3) is 10.9 Å². The van der Waals surface area contributed by atoms with Gasteiger partial charge in [-0.05, 0) is 63.6 Å². The van der Waals surface area contributed by atoms with Gasteiger partial charge in [-0.1, -0.05) is 25.4 Å². The number of hydrogen-bond acceptors (Lipinski definition) is 3. The average Bonchev–Trinajstić information content (AvgIpc) is 2.57. The summed E-state index contributed by atoms with van der Waals surface area (Å²) in [6.45, 7) is -0.414. The van der Waals surface area contributed by atoms with Crippen molar-refractivity contribution in [2.24, 2.45) is 0 Å². The van der Waals surface area contributed by atoms with Gasteiger partial charge in [0.2, 0.25) is 0 Å². The van der Waals surface area contributed by atoms with Crippen LogP contribution in [0.1, 0.15) is 40.4 Å². The smallest absolute Gasteiger partial charge is 0.0737 e. The fourth-order valence-corrected chi connectivity index (χ4v) is 2.63. The summed E-state index contributed by atoms with van der Waals surface area (Å²) in [6.07, 6.45) is 3.20. The molecule has 2 rings (SSSR count). The van der Waals surface area contributed by atoms with E-state index in [9.17, 15) is 0 Å². The number of nitrogens with zero attached hydrogens (tertiary/aromatic N) is 2. The Hall–Kier alpha value is -1.32. The van der Waals surface area contributed by atoms with Crippen LogP contribution in [0.4, 0.5) is 5.69 Å². The number of halogens is 1. The lowest BCUT2D eigenvalue weighted by Gasteiger charge is -2.20. The largest absolute Gasteiger partial charge is 0.382 e. The van der Waals surface area contributed by atoms with E-state index in [2.05, 4.69) is 17.2 Å². The van der Waals surface area contributed by atoms with Crippen LogP contribution in [0.2, 0.25) is 5.02 Å². The number of nitrogens with one attached hydrogen (secondary N) is 1. The lowest BCUT2D eigenvalue weighted by molar-refractivity contribution is 0.295. The number of benzene rings is 1. The van der Waals surface area contributed by atoms with E-state index >= 15 is 0 Å². The van der Waals surface area contributed by atoms with Gasteiger partial charge in [0.25, 0.3) is 0 Å². The van der Waals surface area contributed by atoms with Gasteiger partial charge in [-0.15, -0.1) is 0 Å². The van der Waals surface area contributed by atoms with Crippen molar-refractivity contribution < 1.29 is 6.85 Å². The van der Waals surface area contributed by atoms with E-state index in [0.29, 0.717) is 24.5 Å². The molecule has 120 valence electrons. The minimum Gasteiger partial charge on any atom is -0.382 e. The fraction of sp³-hybridized carbons (Fsp3) is 0.500. The summed E-state index contributed by atoms with van der Waals surface area (Å²) >= 11 is 6.02. The van der Waals surface area contributed by atoms with Gasteiger partial charge < -0.3 is 10.2 Å². The van der Waals surface area contributed by atoms with Crippen LogP contribution in [0.3, 0.4) is 0 Å². The van der Waals surface area contributed by atoms with Gasteiger partial charge in [0, 0.05) is 35.2 Å². The molecule has 1 unspecified atom stereocenters. The number of aromatic nitrogens is 1. The summed E-state index contributed by atoms with van der Waals surface area (Å²) in [5.41, 5.74) is 1.79. The Morgan fingerprint density at radius 2 is 2.32 bits per heavy atom. The van der Waals surface area contributed by atoms with E-state index < -0.39 is 13.3 Å². The molecule has 0 saturated heterocycles. The maximum atomic E-state index is 7.90. The molecule has 4 heteroatoms. The van der Waals surface area contributed by atoms with E-state index in [1.165, 1.54) is 4.90 Å². The van der Waals surface area contributed by atoms with E-state index in [4.69, 9.17) is 18.5 Å². The summed E-state index contributed by atoms with van der Waals surface area (Å²) in [5, 5.41) is 5.09. The number of pyridine rings is 1. The van der Waals surface area contributed by atoms with Crippen molar-refractivity contribution in [3.8, 4) is 0 Å². The van der Waals surface area contributed by atoms with Crippen LogP contribution in [0, 0.1) is 0 Å². The molecule has 22 heavy (non-hydrogen) atoms. The Morgan fingerprint density at radius 3 is 3.09 bits per heavy atom. The molecule has 1 N–H and O–H groups in total. The molecule has 0 spiro atoms. The van der Waals surface area contributed by atoms with Gasteiger partial charge in [0.15, 0.2) is 0 Å². The van der Waals surface area contributed by atoms with Gasteiger partial charge >= 0.3 is 0 Å². The lowest BCUT2D eigenvalue weighted by Crippen LogP contribution is -2.25. The molecule has 2 aromatic rings. The van der Waals surface area contributed by atoms with Crippen molar-refractivity contribution in [1.82, 2.24) is 9.88 Å². The molecule has 0 amide bonds. The molecule has 1 heterocycles. The van der Waals surface area contributed by atoms with Crippen molar-refractivity contribution >= 4 is 28.2 Å². The predicted octanol–water partition coefficient (Wildman–Crippen LogP) is 4.81. The maximum Gasteiger partial charge on any atom is 0.0737 e. The van der Waals surface area contributed by atoms with Crippen molar-refractivity contribution in [3.05, 3.63) is 35.5 Å². The van der Waals surface area contributed by atoms with Crippen molar-refractivity contribution in [1.29, 1.82) is 0 Å². The van der Waals surface area contributed by atoms with Crippen LogP contribution in [0.5, 0.6) is 0 Å². The van der Waals surface area contributed by atoms with Gasteiger partial charge in [-0.25, -0.2) is 0 Å². The molecule has 0 radical (unpaired) electrons. The number of fused-ring (bicyclic) bond motifs is 1. The zero-order chi connectivity index (χ0) is 20.2. The van der Waals surface area contributed by atoms with Gasteiger partial charge in [-0.2, -0.15) is 0 Å². The Kier molecular flexibility index (Phi) is 4.27. The summed E-state index contributed by atoms with van der Waals surface area (Å²) in [7, 11) is 0. The molecule has 0 bridgehead atoms. The second kappa shape index (κ2) is 8.35. The molecule has 0 fully saturated rings. The summed E-state index contributed by atoms with van der Waals surface area (Å²) < 4.78 is 38.1. The predicted molar refractivity (Wildman–Crippen MR) is 96.9 cm³/mol. The number of hydrogen-bond donors (Lipinski definition) is 1. The van der Waals surface area contributed by atoms with Gasteiger partial charge in [0.1, 0.15) is 0 Å². The second-order valence-electron chi connectivity index (χ2n) is 5.40. The van der Waals surface area contributed by atoms with E-state index in [0.717, 1.165) is 23.0 Å². The molecule has 0 saturated carbocycles. The Morgan fingerprint density at radius 1 is 1.45 bits per heavy atom. The highest BCUT2D eigenvalue weighted by Gasteiger charge is 2.07. The Bertz CT molecular complexity index is 766. The van der Waals surface area contributed by atoms with E-state index in [-0.39, 0.29) is 6.04 Å². The zero-order valence-corrected chi connectivity index (χ0v) is 13.8. The first-order chi connectivity index (χ1) is 12.6. The number of rotatable bonds is 8. The summed E-state index contributed by atoms with van der Waals surface area (Å²) in [6, 6.07) is 7.64. The first-order valence-electron chi connectivity index (χ1n) is 10.1. The molecule has 1 aromatic heterocycles. The molecule has 3 nitrogen and oxygen atoms in total. The standard InChI is InChI=1S/C18H26ClN3/c1-4-22(5-2)12-6-7-14(3)21-17-10-11-20-18-13-15(19)8-9-16(17)18/h8-11,13-14H,4-7,12H2,1-3H3,(H,20,21)/i1D3,4D2. The third-order valence-electron chi connectivity index (χ3n) is 3.71. The van der Waals surface area contributed by atoms with Crippen LogP contribution in [-0.2, 0) is 0 Å². The molecule has 0 aliphatic carbocycles. The second-order valence-corrected chi connectivity index (χ2v) is 5.84. The molecule has 1 aromatic carbocycles. The highest BCUT2D eigenvalue weighted by atomic mass is 35.5. The minimum absolute atomic E-state index is 0.142. The molecule has 0 aliphatic heterocycles. The maximum absolute atomic E-state index is 7.90. The highest BCUT2D eigenvalue weighted by molar-refractivity contribution is 6.31. The minimum atomic E-state index is -2.66. The number of anilines is 1. The van der Waals surface area contributed by atoms with Crippen molar-refractivity contribution in [2.75, 3.05) is 24.9 Å². The van der Waals surface area contributed by atoms with Gasteiger partial charge in [-0.3, -0.25) is 4.98 Å². The Balaban J connectivity index is 1.96. The van der Waals surface area contributed by atoms with Crippen LogP contribution in [-0.4, -0.2) is 35.5 Å². The molecular formula is C18H26ClN3. The Labute approximate surface area is 145 Å². The highest BCUT2D eigenvalue weighted by Crippen LogP contribution is 2.25.